The summed E-state index contributed by atoms with van der Waals surface area (Å²) in [5, 5.41) is 12.3. The predicted molar refractivity (Wildman–Crippen MR) is 99.4 cm³/mol. The van der Waals surface area contributed by atoms with Gasteiger partial charge in [-0.15, -0.1) is 0 Å². The molecule has 24 heavy (non-hydrogen) atoms. The third kappa shape index (κ3) is 3.29. The van der Waals surface area contributed by atoms with Crippen molar-refractivity contribution < 1.29 is 9.84 Å². The summed E-state index contributed by atoms with van der Waals surface area (Å²) in [5.74, 6) is 0.800. The third-order valence-corrected chi connectivity index (χ3v) is 5.75. The number of rotatable bonds is 5. The van der Waals surface area contributed by atoms with Crippen LogP contribution in [0.4, 0.5) is 0 Å². The van der Waals surface area contributed by atoms with Gasteiger partial charge in [-0.1, -0.05) is 29.4 Å². The lowest BCUT2D eigenvalue weighted by molar-refractivity contribution is 0.0599. The van der Waals surface area contributed by atoms with E-state index in [0.29, 0.717) is 11.4 Å². The maximum absolute atomic E-state index is 11.6. The van der Waals surface area contributed by atoms with Gasteiger partial charge in [0.1, 0.15) is 11.4 Å². The van der Waals surface area contributed by atoms with Crippen LogP contribution in [-0.2, 0) is 5.60 Å². The van der Waals surface area contributed by atoms with E-state index in [1.165, 1.54) is 0 Å². The number of hydrogen-bond donors (Lipinski definition) is 1. The Labute approximate surface area is 152 Å². The van der Waals surface area contributed by atoms with Gasteiger partial charge in [-0.25, -0.2) is 0 Å². The zero-order chi connectivity index (χ0) is 17.3. The third-order valence-electron chi connectivity index (χ3n) is 4.39. The van der Waals surface area contributed by atoms with Crippen LogP contribution in [0.3, 0.4) is 0 Å². The van der Waals surface area contributed by atoms with E-state index in [9.17, 15) is 5.11 Å². The van der Waals surface area contributed by atoms with E-state index in [4.69, 9.17) is 16.3 Å². The Morgan fingerprint density at radius 2 is 1.92 bits per heavy atom. The van der Waals surface area contributed by atoms with Gasteiger partial charge >= 0.3 is 0 Å². The number of fused-ring (bicyclic) bond motifs is 2. The molecule has 0 aliphatic carbocycles. The second-order valence-corrected chi connectivity index (χ2v) is 7.89. The Balaban J connectivity index is 2.07. The molecule has 3 rings (SSSR count). The highest BCUT2D eigenvalue weighted by atomic mass is 35.5. The van der Waals surface area contributed by atoms with Gasteiger partial charge in [-0.05, 0) is 63.8 Å². The van der Waals surface area contributed by atoms with Crippen molar-refractivity contribution in [2.45, 2.75) is 28.2 Å². The van der Waals surface area contributed by atoms with Crippen LogP contribution in [0.15, 0.2) is 46.2 Å². The Morgan fingerprint density at radius 3 is 2.62 bits per heavy atom. The van der Waals surface area contributed by atoms with E-state index < -0.39 is 5.60 Å². The number of ether oxygens (including phenoxy) is 1. The molecule has 128 valence electrons. The maximum Gasteiger partial charge on any atom is 0.120 e. The number of halogens is 1. The molecular formula is C19H22ClNO2S. The van der Waals surface area contributed by atoms with Gasteiger partial charge in [0, 0.05) is 25.9 Å². The van der Waals surface area contributed by atoms with Crippen molar-refractivity contribution >= 4 is 23.4 Å². The molecule has 1 aliphatic rings. The van der Waals surface area contributed by atoms with E-state index in [1.54, 1.807) is 18.9 Å². The average Bonchev–Trinajstić information content (AvgIpc) is 2.55. The largest absolute Gasteiger partial charge is 0.497 e. The standard InChI is InChI=1S/C19H22ClNO2S/c1-21(2)10-4-9-19(22)15-7-6-14(23-3)12-18(15)24-17-8-5-13(20)11-16(17)19/h5-8,11-12,22H,4,9-10H2,1-3H3. The van der Waals surface area contributed by atoms with Gasteiger partial charge < -0.3 is 14.7 Å². The Hall–Kier alpha value is -1.20. The number of hydrogen-bond acceptors (Lipinski definition) is 4. The summed E-state index contributed by atoms with van der Waals surface area (Å²) in [7, 11) is 5.75. The summed E-state index contributed by atoms with van der Waals surface area (Å²) in [4.78, 5) is 4.22. The zero-order valence-corrected chi connectivity index (χ0v) is 15.7. The van der Waals surface area contributed by atoms with Crippen LogP contribution >= 0.6 is 23.4 Å². The molecule has 2 aromatic rings. The molecule has 5 heteroatoms. The molecule has 0 spiro atoms. The van der Waals surface area contributed by atoms with Crippen molar-refractivity contribution in [2.24, 2.45) is 0 Å². The fourth-order valence-electron chi connectivity index (χ4n) is 3.15. The molecule has 0 radical (unpaired) electrons. The van der Waals surface area contributed by atoms with E-state index in [1.807, 2.05) is 50.5 Å². The van der Waals surface area contributed by atoms with Crippen molar-refractivity contribution in [2.75, 3.05) is 27.7 Å². The van der Waals surface area contributed by atoms with Crippen LogP contribution in [0.25, 0.3) is 0 Å². The Kier molecular flexibility index (Phi) is 5.11. The molecule has 1 atom stereocenters. The molecular weight excluding hydrogens is 342 g/mol. The van der Waals surface area contributed by atoms with Crippen LogP contribution in [0.2, 0.25) is 5.02 Å². The van der Waals surface area contributed by atoms with Gasteiger partial charge in [0.05, 0.1) is 7.11 Å². The smallest absolute Gasteiger partial charge is 0.120 e. The van der Waals surface area contributed by atoms with Crippen LogP contribution in [0.5, 0.6) is 5.75 Å². The molecule has 0 bridgehead atoms. The maximum atomic E-state index is 11.6. The van der Waals surface area contributed by atoms with Crippen molar-refractivity contribution in [1.82, 2.24) is 4.90 Å². The lowest BCUT2D eigenvalue weighted by Gasteiger charge is -2.36. The van der Waals surface area contributed by atoms with Crippen molar-refractivity contribution in [3.05, 3.63) is 52.5 Å². The fourth-order valence-corrected chi connectivity index (χ4v) is 4.56. The first-order chi connectivity index (χ1) is 11.4. The van der Waals surface area contributed by atoms with Gasteiger partial charge in [-0.3, -0.25) is 0 Å². The first kappa shape index (κ1) is 17.6. The molecule has 0 saturated carbocycles. The first-order valence-electron chi connectivity index (χ1n) is 7.97. The molecule has 1 aliphatic heterocycles. The molecule has 1 heterocycles. The van der Waals surface area contributed by atoms with Gasteiger partial charge in [0.2, 0.25) is 0 Å². The van der Waals surface area contributed by atoms with Crippen LogP contribution in [0, 0.1) is 0 Å². The van der Waals surface area contributed by atoms with Crippen LogP contribution < -0.4 is 4.74 Å². The highest BCUT2D eigenvalue weighted by molar-refractivity contribution is 7.99. The molecule has 3 nitrogen and oxygen atoms in total. The lowest BCUT2D eigenvalue weighted by Crippen LogP contribution is -2.32. The average molecular weight is 364 g/mol. The van der Waals surface area contributed by atoms with Gasteiger partial charge in [0.15, 0.2) is 0 Å². The van der Waals surface area contributed by atoms with Gasteiger partial charge in [0.25, 0.3) is 0 Å². The van der Waals surface area contributed by atoms with Gasteiger partial charge in [-0.2, -0.15) is 0 Å². The Morgan fingerprint density at radius 1 is 1.12 bits per heavy atom. The minimum atomic E-state index is -1.02. The SMILES string of the molecule is COc1ccc2c(c1)Sc1ccc(Cl)cc1C2(O)CCCN(C)C. The molecule has 0 amide bonds. The van der Waals surface area contributed by atoms with E-state index in [2.05, 4.69) is 4.90 Å². The minimum Gasteiger partial charge on any atom is -0.497 e. The summed E-state index contributed by atoms with van der Waals surface area (Å²) >= 11 is 7.87. The summed E-state index contributed by atoms with van der Waals surface area (Å²) in [5.41, 5.74) is 0.807. The normalized spacial score (nSPS) is 19.1. The number of benzene rings is 2. The van der Waals surface area contributed by atoms with Crippen molar-refractivity contribution in [3.8, 4) is 5.75 Å². The van der Waals surface area contributed by atoms with Crippen LogP contribution in [-0.4, -0.2) is 37.8 Å². The molecule has 1 N–H and O–H groups in total. The summed E-state index contributed by atoms with van der Waals surface area (Å²) in [6.45, 7) is 0.927. The highest BCUT2D eigenvalue weighted by Gasteiger charge is 2.39. The molecule has 0 saturated heterocycles. The summed E-state index contributed by atoms with van der Waals surface area (Å²) < 4.78 is 5.35. The van der Waals surface area contributed by atoms with E-state index >= 15 is 0 Å². The highest BCUT2D eigenvalue weighted by Crippen LogP contribution is 2.51. The number of aliphatic hydroxyl groups is 1. The molecule has 1 unspecified atom stereocenters. The zero-order valence-electron chi connectivity index (χ0n) is 14.2. The second kappa shape index (κ2) is 6.96. The topological polar surface area (TPSA) is 32.7 Å². The summed E-state index contributed by atoms with van der Waals surface area (Å²) in [6.07, 6.45) is 1.55. The van der Waals surface area contributed by atoms with E-state index in [0.717, 1.165) is 39.6 Å². The number of nitrogens with zero attached hydrogens (tertiary/aromatic N) is 1. The number of methoxy groups -OCH3 is 1. The quantitative estimate of drug-likeness (QED) is 0.853. The predicted octanol–water partition coefficient (Wildman–Crippen LogP) is 4.39. The summed E-state index contributed by atoms with van der Waals surface area (Å²) in [6, 6.07) is 11.6. The molecule has 0 aromatic heterocycles. The monoisotopic (exact) mass is 363 g/mol. The molecule has 2 aromatic carbocycles. The first-order valence-corrected chi connectivity index (χ1v) is 9.17. The van der Waals surface area contributed by atoms with E-state index in [-0.39, 0.29) is 0 Å². The van der Waals surface area contributed by atoms with Crippen molar-refractivity contribution in [3.63, 3.8) is 0 Å². The molecule has 0 fully saturated rings. The Bertz CT molecular complexity index is 750. The van der Waals surface area contributed by atoms with Crippen LogP contribution in [0.1, 0.15) is 24.0 Å². The fraction of sp³-hybridized carbons (Fsp3) is 0.368. The second-order valence-electron chi connectivity index (χ2n) is 6.37. The lowest BCUT2D eigenvalue weighted by atomic mass is 9.82. The van der Waals surface area contributed by atoms with Crippen molar-refractivity contribution in [1.29, 1.82) is 0 Å². The minimum absolute atomic E-state index is 0.650.